The van der Waals surface area contributed by atoms with Crippen molar-refractivity contribution in [2.75, 3.05) is 49.9 Å². The zero-order valence-electron chi connectivity index (χ0n) is 16.9. The van der Waals surface area contributed by atoms with Crippen LogP contribution in [0, 0.1) is 11.6 Å². The van der Waals surface area contributed by atoms with Gasteiger partial charge in [-0.3, -0.25) is 4.99 Å². The average molecular weight is 437 g/mol. The van der Waals surface area contributed by atoms with E-state index in [0.717, 1.165) is 6.07 Å². The number of aliphatic imine (C=N–C) groups is 1. The molecule has 2 aromatic rings. The Labute approximate surface area is 176 Å². The Bertz CT molecular complexity index is 990. The van der Waals surface area contributed by atoms with Gasteiger partial charge in [-0.2, -0.15) is 0 Å². The lowest BCUT2D eigenvalue weighted by atomic mass is 10.2. The maximum atomic E-state index is 14.0. The minimum atomic E-state index is -3.76. The molecule has 0 radical (unpaired) electrons. The van der Waals surface area contributed by atoms with Crippen LogP contribution in [0.15, 0.2) is 58.4 Å². The van der Waals surface area contributed by atoms with Crippen molar-refractivity contribution >= 4 is 21.5 Å². The monoisotopic (exact) mass is 436 g/mol. The fraction of sp³-hybridized carbons (Fsp3) is 0.381. The molecule has 0 atom stereocenters. The minimum absolute atomic E-state index is 0.0204. The number of benzene rings is 2. The molecule has 6 nitrogen and oxygen atoms in total. The van der Waals surface area contributed by atoms with E-state index in [0.29, 0.717) is 44.4 Å². The van der Waals surface area contributed by atoms with Crippen molar-refractivity contribution in [3.63, 3.8) is 0 Å². The molecule has 1 fully saturated rings. The molecule has 1 N–H and O–H groups in total. The summed E-state index contributed by atoms with van der Waals surface area (Å²) in [4.78, 5) is 8.14. The van der Waals surface area contributed by atoms with Crippen LogP contribution in [0.4, 0.5) is 14.5 Å². The van der Waals surface area contributed by atoms with Gasteiger partial charge in [-0.25, -0.2) is 17.2 Å². The minimum Gasteiger partial charge on any atom is -0.366 e. The highest BCUT2D eigenvalue weighted by Crippen LogP contribution is 2.20. The molecule has 1 aliphatic rings. The van der Waals surface area contributed by atoms with E-state index >= 15 is 0 Å². The van der Waals surface area contributed by atoms with Crippen LogP contribution in [0.2, 0.25) is 0 Å². The van der Waals surface area contributed by atoms with Crippen molar-refractivity contribution in [2.45, 2.75) is 11.8 Å². The van der Waals surface area contributed by atoms with Gasteiger partial charge in [0.05, 0.1) is 18.0 Å². The lowest BCUT2D eigenvalue weighted by Crippen LogP contribution is -2.52. The zero-order chi connectivity index (χ0) is 21.6. The Morgan fingerprint density at radius 3 is 2.27 bits per heavy atom. The van der Waals surface area contributed by atoms with Gasteiger partial charge in [-0.15, -0.1) is 0 Å². The number of nitrogens with one attached hydrogen (secondary N) is 1. The molecule has 162 valence electrons. The van der Waals surface area contributed by atoms with Gasteiger partial charge in [0.2, 0.25) is 0 Å². The number of guanidine groups is 1. The molecule has 2 aromatic carbocycles. The SMILES string of the molecule is CCNC(=NCCS(=O)(=O)c1ccccc1F)N1CCN(c2ccccc2F)CC1. The standard InChI is InChI=1S/C21H26F2N4O2S/c1-2-24-21(25-11-16-30(28,29)20-10-6-4-8-18(20)23)27-14-12-26(13-15-27)19-9-5-3-7-17(19)22/h3-10H,2,11-16H2,1H3,(H,24,25). The van der Waals surface area contributed by atoms with Crippen LogP contribution in [0.1, 0.15) is 6.92 Å². The van der Waals surface area contributed by atoms with Gasteiger partial charge < -0.3 is 15.1 Å². The largest absolute Gasteiger partial charge is 0.366 e. The van der Waals surface area contributed by atoms with Crippen molar-refractivity contribution in [3.05, 3.63) is 60.2 Å². The molecule has 0 saturated carbocycles. The van der Waals surface area contributed by atoms with Crippen LogP contribution in [0.3, 0.4) is 0 Å². The predicted molar refractivity (Wildman–Crippen MR) is 115 cm³/mol. The lowest BCUT2D eigenvalue weighted by Gasteiger charge is -2.37. The molecular formula is C21H26F2N4O2S. The number of rotatable bonds is 6. The van der Waals surface area contributed by atoms with Crippen molar-refractivity contribution in [2.24, 2.45) is 4.99 Å². The van der Waals surface area contributed by atoms with Gasteiger partial charge >= 0.3 is 0 Å². The summed E-state index contributed by atoms with van der Waals surface area (Å²) in [7, 11) is -3.76. The summed E-state index contributed by atoms with van der Waals surface area (Å²) in [6.07, 6.45) is 0. The highest BCUT2D eigenvalue weighted by atomic mass is 32.2. The molecule has 0 bridgehead atoms. The number of halogens is 2. The maximum Gasteiger partial charge on any atom is 0.194 e. The summed E-state index contributed by atoms with van der Waals surface area (Å²) >= 11 is 0. The Morgan fingerprint density at radius 2 is 1.63 bits per heavy atom. The highest BCUT2D eigenvalue weighted by Gasteiger charge is 2.22. The number of piperazine rings is 1. The number of sulfone groups is 1. The first-order valence-corrected chi connectivity index (χ1v) is 11.6. The normalized spacial score (nSPS) is 15.4. The molecule has 0 aromatic heterocycles. The fourth-order valence-corrected chi connectivity index (χ4v) is 4.57. The third-order valence-electron chi connectivity index (χ3n) is 4.90. The smallest absolute Gasteiger partial charge is 0.194 e. The first-order chi connectivity index (χ1) is 14.4. The third-order valence-corrected chi connectivity index (χ3v) is 6.62. The summed E-state index contributed by atoms with van der Waals surface area (Å²) in [6, 6.07) is 12.0. The topological polar surface area (TPSA) is 65.0 Å². The van der Waals surface area contributed by atoms with Crippen LogP contribution < -0.4 is 10.2 Å². The van der Waals surface area contributed by atoms with E-state index in [2.05, 4.69) is 10.3 Å². The van der Waals surface area contributed by atoms with Gasteiger partial charge in [-0.1, -0.05) is 24.3 Å². The number of hydrogen-bond acceptors (Lipinski definition) is 4. The van der Waals surface area contributed by atoms with E-state index in [1.807, 2.05) is 22.8 Å². The second-order valence-electron chi connectivity index (χ2n) is 6.91. The van der Waals surface area contributed by atoms with E-state index in [9.17, 15) is 17.2 Å². The molecular weight excluding hydrogens is 410 g/mol. The van der Waals surface area contributed by atoms with Crippen molar-refractivity contribution in [1.82, 2.24) is 10.2 Å². The van der Waals surface area contributed by atoms with E-state index in [1.165, 1.54) is 24.3 Å². The van der Waals surface area contributed by atoms with Crippen LogP contribution >= 0.6 is 0 Å². The lowest BCUT2D eigenvalue weighted by molar-refractivity contribution is 0.371. The highest BCUT2D eigenvalue weighted by molar-refractivity contribution is 7.91. The number of anilines is 1. The van der Waals surface area contributed by atoms with Gasteiger partial charge in [-0.05, 0) is 31.2 Å². The maximum absolute atomic E-state index is 14.0. The van der Waals surface area contributed by atoms with Crippen LogP contribution in [-0.4, -0.2) is 64.3 Å². The van der Waals surface area contributed by atoms with Crippen LogP contribution in [-0.2, 0) is 9.84 Å². The van der Waals surface area contributed by atoms with Gasteiger partial charge in [0, 0.05) is 32.7 Å². The number of para-hydroxylation sites is 1. The number of nitrogens with zero attached hydrogens (tertiary/aromatic N) is 3. The summed E-state index contributed by atoms with van der Waals surface area (Å²) < 4.78 is 52.7. The summed E-state index contributed by atoms with van der Waals surface area (Å²) in [5.74, 6) is -0.671. The van der Waals surface area contributed by atoms with Gasteiger partial charge in [0.1, 0.15) is 16.5 Å². The van der Waals surface area contributed by atoms with Crippen molar-refractivity contribution < 1.29 is 17.2 Å². The Morgan fingerprint density at radius 1 is 1.00 bits per heavy atom. The summed E-state index contributed by atoms with van der Waals surface area (Å²) in [5.41, 5.74) is 0.579. The fourth-order valence-electron chi connectivity index (χ4n) is 3.37. The van der Waals surface area contributed by atoms with E-state index in [-0.39, 0.29) is 23.0 Å². The quantitative estimate of drug-likeness (QED) is 0.557. The van der Waals surface area contributed by atoms with Crippen molar-refractivity contribution in [3.8, 4) is 0 Å². The van der Waals surface area contributed by atoms with E-state index in [1.54, 1.807) is 12.1 Å². The molecule has 0 spiro atoms. The molecule has 9 heteroatoms. The molecule has 0 amide bonds. The van der Waals surface area contributed by atoms with Gasteiger partial charge in [0.25, 0.3) is 0 Å². The molecule has 1 aliphatic heterocycles. The van der Waals surface area contributed by atoms with Gasteiger partial charge in [0.15, 0.2) is 15.8 Å². The first-order valence-electron chi connectivity index (χ1n) is 9.92. The second kappa shape index (κ2) is 9.88. The van der Waals surface area contributed by atoms with Crippen molar-refractivity contribution in [1.29, 1.82) is 0 Å². The van der Waals surface area contributed by atoms with E-state index < -0.39 is 15.7 Å². The third kappa shape index (κ3) is 5.27. The molecule has 1 heterocycles. The Kier molecular flexibility index (Phi) is 7.25. The Balaban J connectivity index is 1.63. The molecule has 0 unspecified atom stereocenters. The zero-order valence-corrected chi connectivity index (χ0v) is 17.7. The first kappa shape index (κ1) is 22.0. The summed E-state index contributed by atoms with van der Waals surface area (Å²) in [5, 5.41) is 3.17. The molecule has 0 aliphatic carbocycles. The molecule has 3 rings (SSSR count). The van der Waals surface area contributed by atoms with E-state index in [4.69, 9.17) is 0 Å². The number of hydrogen-bond donors (Lipinski definition) is 1. The van der Waals surface area contributed by atoms with Crippen LogP contribution in [0.25, 0.3) is 0 Å². The predicted octanol–water partition coefficient (Wildman–Crippen LogP) is 2.53. The summed E-state index contributed by atoms with van der Waals surface area (Å²) in [6.45, 7) is 5.08. The average Bonchev–Trinajstić information content (AvgIpc) is 2.74. The molecule has 1 saturated heterocycles. The second-order valence-corrected chi connectivity index (χ2v) is 8.99. The Hall–Kier alpha value is -2.68. The molecule has 30 heavy (non-hydrogen) atoms. The van der Waals surface area contributed by atoms with Crippen LogP contribution in [0.5, 0.6) is 0 Å².